The molecule has 0 spiro atoms. The zero-order chi connectivity index (χ0) is 34.0. The summed E-state index contributed by atoms with van der Waals surface area (Å²) in [5, 5.41) is 0. The lowest BCUT2D eigenvalue weighted by molar-refractivity contribution is -0.253. The highest BCUT2D eigenvalue weighted by atomic mass is 32.2. The third kappa shape index (κ3) is 8.15. The van der Waals surface area contributed by atoms with E-state index >= 15 is 4.39 Å². The predicted molar refractivity (Wildman–Crippen MR) is 153 cm³/mol. The second-order valence-electron chi connectivity index (χ2n) is 11.4. The van der Waals surface area contributed by atoms with E-state index in [-0.39, 0.29) is 23.2 Å². The highest BCUT2D eigenvalue weighted by Crippen LogP contribution is 2.39. The fraction of sp³-hybridized carbons (Fsp3) is 0.281. The van der Waals surface area contributed by atoms with E-state index in [0.717, 1.165) is 36.4 Å². The molecule has 0 aliphatic heterocycles. The predicted octanol–water partition coefficient (Wildman–Crippen LogP) is 8.14. The van der Waals surface area contributed by atoms with Crippen LogP contribution in [0.2, 0.25) is 0 Å². The monoisotopic (exact) mass is 674 g/mol. The highest BCUT2D eigenvalue weighted by molar-refractivity contribution is 7.90. The minimum absolute atomic E-state index is 0.0268. The maximum Gasteiger partial charge on any atom is 0.461 e. The number of nitrogens with zero attached hydrogens (tertiary/aromatic N) is 1. The summed E-state index contributed by atoms with van der Waals surface area (Å²) in [6.07, 6.45) is -8.30. The number of pyridine rings is 1. The van der Waals surface area contributed by atoms with Gasteiger partial charge in [-0.25, -0.2) is 22.0 Å². The van der Waals surface area contributed by atoms with E-state index in [4.69, 9.17) is 0 Å². The summed E-state index contributed by atoms with van der Waals surface area (Å²) in [7, 11) is 0. The number of alkyl halides is 4. The van der Waals surface area contributed by atoms with Crippen LogP contribution < -0.4 is 9.46 Å². The van der Waals surface area contributed by atoms with E-state index in [2.05, 4.69) is 14.4 Å². The van der Waals surface area contributed by atoms with Crippen molar-refractivity contribution in [2.24, 2.45) is 0 Å². The van der Waals surface area contributed by atoms with Crippen LogP contribution in [-0.4, -0.2) is 26.8 Å². The van der Waals surface area contributed by atoms with Gasteiger partial charge in [0.15, 0.2) is 23.3 Å². The molecule has 0 amide bonds. The van der Waals surface area contributed by atoms with Crippen molar-refractivity contribution < 1.29 is 48.8 Å². The van der Waals surface area contributed by atoms with Crippen molar-refractivity contribution in [3.8, 4) is 5.75 Å². The van der Waals surface area contributed by atoms with Gasteiger partial charge in [0.2, 0.25) is 0 Å². The van der Waals surface area contributed by atoms with Crippen molar-refractivity contribution in [1.82, 2.24) is 9.71 Å². The normalized spacial score (nSPS) is 14.3. The molecule has 1 N–H and O–H groups in total. The molecule has 1 heterocycles. The van der Waals surface area contributed by atoms with Crippen molar-refractivity contribution in [2.45, 2.75) is 56.4 Å². The van der Waals surface area contributed by atoms with Crippen LogP contribution in [0, 0.1) is 29.1 Å². The number of hydrogen-bond donors (Lipinski definition) is 1. The van der Waals surface area contributed by atoms with Crippen LogP contribution in [0.25, 0.3) is 0 Å². The third-order valence-electron chi connectivity index (χ3n) is 6.80. The average molecular weight is 675 g/mol. The second kappa shape index (κ2) is 13.5. The maximum atomic E-state index is 15.0. The molecule has 4 nitrogen and oxygen atoms in total. The molecule has 4 rings (SSSR count). The Kier molecular flexibility index (Phi) is 10.3. The molecule has 0 fully saturated rings. The minimum atomic E-state index is -5.00. The van der Waals surface area contributed by atoms with Crippen molar-refractivity contribution in [3.63, 3.8) is 0 Å². The van der Waals surface area contributed by atoms with Crippen LogP contribution in [0.15, 0.2) is 72.9 Å². The average Bonchev–Trinajstić information content (AvgIpc) is 2.96. The fourth-order valence-corrected chi connectivity index (χ4v) is 5.41. The lowest BCUT2D eigenvalue weighted by atomic mass is 9.81. The second-order valence-corrected chi connectivity index (χ2v) is 13.4. The summed E-state index contributed by atoms with van der Waals surface area (Å²) in [5.74, 6) is -6.75. The van der Waals surface area contributed by atoms with E-state index in [1.807, 2.05) is 0 Å². The van der Waals surface area contributed by atoms with Gasteiger partial charge in [0, 0.05) is 30.0 Å². The van der Waals surface area contributed by atoms with Crippen molar-refractivity contribution in [3.05, 3.63) is 130 Å². The molecule has 2 atom stereocenters. The van der Waals surface area contributed by atoms with Crippen LogP contribution in [0.4, 0.5) is 39.5 Å². The van der Waals surface area contributed by atoms with Crippen LogP contribution in [-0.2, 0) is 29.7 Å². The molecule has 46 heavy (non-hydrogen) atoms. The lowest BCUT2D eigenvalue weighted by Crippen LogP contribution is -2.53. The Balaban J connectivity index is 1.92. The molecule has 3 aromatic carbocycles. The quantitative estimate of drug-likeness (QED) is 0.129. The summed E-state index contributed by atoms with van der Waals surface area (Å²) >= 11 is -2.04. The topological polar surface area (TPSA) is 57.2 Å². The number of aromatic nitrogens is 1. The Morgan fingerprint density at radius 3 is 1.91 bits per heavy atom. The van der Waals surface area contributed by atoms with Crippen LogP contribution >= 0.6 is 0 Å². The first-order valence-corrected chi connectivity index (χ1v) is 14.7. The van der Waals surface area contributed by atoms with Crippen molar-refractivity contribution in [2.75, 3.05) is 0 Å². The van der Waals surface area contributed by atoms with Gasteiger partial charge in [-0.2, -0.15) is 17.6 Å². The standard InChI is InChI=1S/C32H27F9N2O2S/c1-30(2,3)46(44)43-31(16-19-5-8-25(35)27(37)12-19,21-13-22(33)15-23(14-21)45-32(40,41)29(38)39)28-9-6-20(17-42-28)10-18-4-7-24(34)26(36)11-18/h4-9,11-15,17,29,43H,10,16H2,1-3H3. The number of rotatable bonds is 11. The molecular weight excluding hydrogens is 647 g/mol. The Morgan fingerprint density at radius 2 is 1.37 bits per heavy atom. The number of hydrogen-bond acceptors (Lipinski definition) is 4. The van der Waals surface area contributed by atoms with Crippen LogP contribution in [0.5, 0.6) is 5.75 Å². The first-order chi connectivity index (χ1) is 21.4. The summed E-state index contributed by atoms with van der Waals surface area (Å²) in [6, 6.07) is 11.1. The molecule has 1 aromatic heterocycles. The van der Waals surface area contributed by atoms with E-state index in [1.165, 1.54) is 30.5 Å². The molecule has 14 heteroatoms. The molecule has 0 aliphatic rings. The van der Waals surface area contributed by atoms with Gasteiger partial charge in [0.1, 0.15) is 21.9 Å². The van der Waals surface area contributed by atoms with Gasteiger partial charge in [-0.1, -0.05) is 18.2 Å². The van der Waals surface area contributed by atoms with Crippen molar-refractivity contribution in [1.29, 1.82) is 0 Å². The molecule has 0 saturated carbocycles. The molecule has 0 radical (unpaired) electrons. The SMILES string of the molecule is CC(C)(C)[S+]([O-])NC(Cc1ccc(F)c(F)c1)(c1cc(F)cc(OC(F)(F)C(F)F)c1)c1ccc(Cc2ccc(F)c(F)c2)cn1. The minimum Gasteiger partial charge on any atom is -0.598 e. The molecule has 0 saturated heterocycles. The Morgan fingerprint density at radius 1 is 0.783 bits per heavy atom. The first-order valence-electron chi connectivity index (χ1n) is 13.6. The summed E-state index contributed by atoms with van der Waals surface area (Å²) in [5.41, 5.74) is -1.34. The fourth-order valence-electron chi connectivity index (χ4n) is 4.49. The molecule has 2 unspecified atom stereocenters. The maximum absolute atomic E-state index is 15.0. The number of halogens is 9. The van der Waals surface area contributed by atoms with E-state index in [0.29, 0.717) is 17.2 Å². The molecular formula is C32H27F9N2O2S. The molecule has 0 bridgehead atoms. The van der Waals surface area contributed by atoms with Crippen LogP contribution in [0.3, 0.4) is 0 Å². The number of ether oxygens (including phenoxy) is 1. The Bertz CT molecular complexity index is 1680. The van der Waals surface area contributed by atoms with Gasteiger partial charge in [-0.3, -0.25) is 4.98 Å². The number of benzene rings is 3. The van der Waals surface area contributed by atoms with Gasteiger partial charge in [0.05, 0.1) is 5.69 Å². The van der Waals surface area contributed by atoms with Gasteiger partial charge < -0.3 is 9.29 Å². The van der Waals surface area contributed by atoms with E-state index in [1.54, 1.807) is 20.8 Å². The van der Waals surface area contributed by atoms with Gasteiger partial charge in [0.25, 0.3) is 0 Å². The zero-order valence-electron chi connectivity index (χ0n) is 24.5. The molecule has 246 valence electrons. The third-order valence-corrected chi connectivity index (χ3v) is 8.45. The smallest absolute Gasteiger partial charge is 0.461 e. The largest absolute Gasteiger partial charge is 0.598 e. The summed E-state index contributed by atoms with van der Waals surface area (Å²) in [6.45, 7) is 4.75. The zero-order valence-corrected chi connectivity index (χ0v) is 25.3. The molecule has 4 aromatic rings. The van der Waals surface area contributed by atoms with Crippen molar-refractivity contribution >= 4 is 11.4 Å². The summed E-state index contributed by atoms with van der Waals surface area (Å²) < 4.78 is 144. The first kappa shape index (κ1) is 35.1. The van der Waals surface area contributed by atoms with Gasteiger partial charge in [-0.05, 0) is 91.9 Å². The van der Waals surface area contributed by atoms with E-state index in [9.17, 15) is 39.7 Å². The van der Waals surface area contributed by atoms with Gasteiger partial charge >= 0.3 is 12.5 Å². The lowest BCUT2D eigenvalue weighted by Gasteiger charge is -2.38. The van der Waals surface area contributed by atoms with Gasteiger partial charge in [-0.15, -0.1) is 4.72 Å². The Labute approximate surface area is 261 Å². The summed E-state index contributed by atoms with van der Waals surface area (Å²) in [4.78, 5) is 4.43. The number of nitrogens with one attached hydrogen (secondary N) is 1. The van der Waals surface area contributed by atoms with Crippen LogP contribution in [0.1, 0.15) is 48.7 Å². The Hall–Kier alpha value is -3.75. The van der Waals surface area contributed by atoms with E-state index < -0.39 is 75.4 Å². The molecule has 0 aliphatic carbocycles. The highest BCUT2D eigenvalue weighted by Gasteiger charge is 2.46.